The van der Waals surface area contributed by atoms with Gasteiger partial charge in [0, 0.05) is 16.7 Å². The molecule has 2 N–H and O–H groups in total. The van der Waals surface area contributed by atoms with Crippen LogP contribution in [-0.4, -0.2) is 22.0 Å². The third-order valence-corrected chi connectivity index (χ3v) is 3.30. The fourth-order valence-electron chi connectivity index (χ4n) is 1.54. The van der Waals surface area contributed by atoms with Crippen LogP contribution in [0.25, 0.3) is 6.08 Å². The van der Waals surface area contributed by atoms with Gasteiger partial charge in [0.05, 0.1) is 5.56 Å². The number of halogens is 1. The summed E-state index contributed by atoms with van der Waals surface area (Å²) in [6.07, 6.45) is 4.24. The molecule has 0 spiro atoms. The minimum atomic E-state index is -1.06. The summed E-state index contributed by atoms with van der Waals surface area (Å²) in [6, 6.07) is 10.3. The average Bonchev–Trinajstić information content (AvgIpc) is 2.47. The number of nitrogens with one attached hydrogen (secondary N) is 1. The van der Waals surface area contributed by atoms with Crippen LogP contribution < -0.4 is 5.32 Å². The van der Waals surface area contributed by atoms with E-state index in [0.717, 1.165) is 10.0 Å². The summed E-state index contributed by atoms with van der Waals surface area (Å²) in [5.74, 6) is -1.11. The molecule has 0 unspecified atom stereocenters. The first-order chi connectivity index (χ1) is 10.1. The van der Waals surface area contributed by atoms with Crippen LogP contribution >= 0.6 is 15.9 Å². The van der Waals surface area contributed by atoms with E-state index in [-0.39, 0.29) is 11.5 Å². The fourth-order valence-corrected chi connectivity index (χ4v) is 1.95. The van der Waals surface area contributed by atoms with E-state index in [9.17, 15) is 9.59 Å². The summed E-state index contributed by atoms with van der Waals surface area (Å²) < 4.78 is 0.887. The van der Waals surface area contributed by atoms with Gasteiger partial charge in [-0.05, 0) is 29.8 Å². The van der Waals surface area contributed by atoms with Crippen LogP contribution in [-0.2, 0) is 4.79 Å². The monoisotopic (exact) mass is 346 g/mol. The third-order valence-electron chi connectivity index (χ3n) is 2.58. The number of aromatic nitrogens is 1. The minimum Gasteiger partial charge on any atom is -0.478 e. The number of aromatic carboxylic acids is 1. The second-order valence-corrected chi connectivity index (χ2v) is 4.94. The molecule has 106 valence electrons. The van der Waals surface area contributed by atoms with Gasteiger partial charge >= 0.3 is 5.97 Å². The van der Waals surface area contributed by atoms with Crippen molar-refractivity contribution in [1.82, 2.24) is 4.98 Å². The van der Waals surface area contributed by atoms with Gasteiger partial charge in [0.25, 0.3) is 0 Å². The van der Waals surface area contributed by atoms with Gasteiger partial charge in [0.15, 0.2) is 0 Å². The molecule has 0 aliphatic rings. The second-order valence-electron chi connectivity index (χ2n) is 4.08. The van der Waals surface area contributed by atoms with Crippen LogP contribution in [0.2, 0.25) is 0 Å². The lowest BCUT2D eigenvalue weighted by molar-refractivity contribution is -0.111. The first kappa shape index (κ1) is 14.9. The van der Waals surface area contributed by atoms with Gasteiger partial charge in [-0.25, -0.2) is 9.78 Å². The fraction of sp³-hybridized carbons (Fsp3) is 0. The first-order valence-corrected chi connectivity index (χ1v) is 6.78. The molecule has 0 saturated carbocycles. The summed E-state index contributed by atoms with van der Waals surface area (Å²) in [5.41, 5.74) is 0.943. The number of pyridine rings is 1. The van der Waals surface area contributed by atoms with Crippen LogP contribution in [0.15, 0.2) is 53.1 Å². The normalized spacial score (nSPS) is 10.5. The number of anilines is 1. The molecule has 2 aromatic rings. The van der Waals surface area contributed by atoms with Crippen molar-refractivity contribution in [2.75, 3.05) is 5.32 Å². The third kappa shape index (κ3) is 4.25. The van der Waals surface area contributed by atoms with Gasteiger partial charge in [-0.1, -0.05) is 34.1 Å². The number of rotatable bonds is 4. The van der Waals surface area contributed by atoms with Crippen LogP contribution in [0.1, 0.15) is 15.9 Å². The van der Waals surface area contributed by atoms with E-state index in [1.54, 1.807) is 6.08 Å². The molecular weight excluding hydrogens is 336 g/mol. The molecule has 1 heterocycles. The molecule has 0 fully saturated rings. The smallest absolute Gasteiger partial charge is 0.337 e. The van der Waals surface area contributed by atoms with Crippen molar-refractivity contribution in [2.45, 2.75) is 0 Å². The maximum Gasteiger partial charge on any atom is 0.337 e. The van der Waals surface area contributed by atoms with Crippen molar-refractivity contribution in [3.63, 3.8) is 0 Å². The van der Waals surface area contributed by atoms with E-state index in [0.29, 0.717) is 5.82 Å². The molecule has 2 rings (SSSR count). The molecule has 0 bridgehead atoms. The maximum absolute atomic E-state index is 11.7. The zero-order valence-electron chi connectivity index (χ0n) is 10.8. The van der Waals surface area contributed by atoms with Crippen LogP contribution in [0.3, 0.4) is 0 Å². The number of hydrogen-bond acceptors (Lipinski definition) is 3. The van der Waals surface area contributed by atoms with E-state index in [1.807, 2.05) is 24.3 Å². The molecule has 1 aromatic heterocycles. The van der Waals surface area contributed by atoms with Crippen molar-refractivity contribution in [3.05, 3.63) is 64.3 Å². The van der Waals surface area contributed by atoms with E-state index in [4.69, 9.17) is 5.11 Å². The Hall–Kier alpha value is -2.47. The van der Waals surface area contributed by atoms with Crippen LogP contribution in [0.4, 0.5) is 5.82 Å². The van der Waals surface area contributed by atoms with Gasteiger partial charge in [-0.3, -0.25) is 4.79 Å². The highest BCUT2D eigenvalue weighted by Gasteiger charge is 2.04. The molecule has 1 aromatic carbocycles. The lowest BCUT2D eigenvalue weighted by atomic mass is 10.2. The molecule has 0 atom stereocenters. The number of amides is 1. The molecule has 21 heavy (non-hydrogen) atoms. The molecule has 0 aliphatic carbocycles. The Morgan fingerprint density at radius 2 is 1.95 bits per heavy atom. The van der Waals surface area contributed by atoms with Gasteiger partial charge in [-0.15, -0.1) is 0 Å². The summed E-state index contributed by atoms with van der Waals surface area (Å²) in [7, 11) is 0. The SMILES string of the molecule is O=C(/C=C/c1ccccc1Br)Nc1ccc(C(=O)O)cn1. The van der Waals surface area contributed by atoms with Crippen molar-refractivity contribution < 1.29 is 14.7 Å². The highest BCUT2D eigenvalue weighted by Crippen LogP contribution is 2.17. The number of benzene rings is 1. The lowest BCUT2D eigenvalue weighted by Gasteiger charge is -2.01. The number of hydrogen-bond donors (Lipinski definition) is 2. The zero-order chi connectivity index (χ0) is 15.2. The Kier molecular flexibility index (Phi) is 4.84. The van der Waals surface area contributed by atoms with Crippen LogP contribution in [0, 0.1) is 0 Å². The number of carboxylic acid groups (broad SMARTS) is 1. The number of carbonyl (C=O) groups is 2. The molecule has 5 nitrogen and oxygen atoms in total. The number of nitrogens with zero attached hydrogens (tertiary/aromatic N) is 1. The predicted molar refractivity (Wildman–Crippen MR) is 83.0 cm³/mol. The predicted octanol–water partition coefficient (Wildman–Crippen LogP) is 3.19. The first-order valence-electron chi connectivity index (χ1n) is 5.99. The van der Waals surface area contributed by atoms with Gasteiger partial charge in [0.1, 0.15) is 5.82 Å². The van der Waals surface area contributed by atoms with Gasteiger partial charge in [0.2, 0.25) is 5.91 Å². The highest BCUT2D eigenvalue weighted by atomic mass is 79.9. The Bertz CT molecular complexity index is 696. The summed E-state index contributed by atoms with van der Waals surface area (Å²) in [5, 5.41) is 11.3. The molecule has 0 saturated heterocycles. The average molecular weight is 347 g/mol. The summed E-state index contributed by atoms with van der Waals surface area (Å²) in [6.45, 7) is 0. The number of carbonyl (C=O) groups excluding carboxylic acids is 1. The topological polar surface area (TPSA) is 79.3 Å². The number of carboxylic acids is 1. The van der Waals surface area contributed by atoms with E-state index in [2.05, 4.69) is 26.2 Å². The van der Waals surface area contributed by atoms with E-state index in [1.165, 1.54) is 24.4 Å². The summed E-state index contributed by atoms with van der Waals surface area (Å²) in [4.78, 5) is 26.3. The van der Waals surface area contributed by atoms with E-state index >= 15 is 0 Å². The molecule has 0 aliphatic heterocycles. The van der Waals surface area contributed by atoms with Crippen molar-refractivity contribution in [2.24, 2.45) is 0 Å². The molecule has 1 amide bonds. The largest absolute Gasteiger partial charge is 0.478 e. The van der Waals surface area contributed by atoms with Crippen LogP contribution in [0.5, 0.6) is 0 Å². The van der Waals surface area contributed by atoms with Crippen molar-refractivity contribution in [1.29, 1.82) is 0 Å². The molecule has 0 radical (unpaired) electrons. The van der Waals surface area contributed by atoms with Crippen molar-refractivity contribution in [3.8, 4) is 0 Å². The zero-order valence-corrected chi connectivity index (χ0v) is 12.4. The Morgan fingerprint density at radius 3 is 2.57 bits per heavy atom. The standard InChI is InChI=1S/C15H11BrN2O3/c16-12-4-2-1-3-10(12)6-8-14(19)18-13-7-5-11(9-17-13)15(20)21/h1-9H,(H,20,21)(H,17,18,19)/b8-6+. The maximum atomic E-state index is 11.7. The molecule has 6 heteroatoms. The Morgan fingerprint density at radius 1 is 1.19 bits per heavy atom. The molecular formula is C15H11BrN2O3. The second kappa shape index (κ2) is 6.81. The Labute approximate surface area is 129 Å². The lowest BCUT2D eigenvalue weighted by Crippen LogP contribution is -2.09. The summed E-state index contributed by atoms with van der Waals surface area (Å²) >= 11 is 3.38. The van der Waals surface area contributed by atoms with Gasteiger partial charge < -0.3 is 10.4 Å². The highest BCUT2D eigenvalue weighted by molar-refractivity contribution is 9.10. The quantitative estimate of drug-likeness (QED) is 0.833. The van der Waals surface area contributed by atoms with Gasteiger partial charge in [-0.2, -0.15) is 0 Å². The minimum absolute atomic E-state index is 0.0664. The van der Waals surface area contributed by atoms with Crippen molar-refractivity contribution >= 4 is 39.7 Å². The van der Waals surface area contributed by atoms with E-state index < -0.39 is 5.97 Å². The Balaban J connectivity index is 2.02.